The number of ether oxygens (including phenoxy) is 1. The van der Waals surface area contributed by atoms with Crippen molar-refractivity contribution in [2.45, 2.75) is 45.0 Å². The molecule has 31 heavy (non-hydrogen) atoms. The van der Waals surface area contributed by atoms with Crippen LogP contribution in [0.15, 0.2) is 41.3 Å². The Balaban J connectivity index is 1.82. The van der Waals surface area contributed by atoms with Crippen molar-refractivity contribution in [1.82, 2.24) is 9.88 Å². The van der Waals surface area contributed by atoms with Crippen molar-refractivity contribution in [3.05, 3.63) is 63.4 Å². The van der Waals surface area contributed by atoms with Gasteiger partial charge in [0, 0.05) is 30.4 Å². The number of carboxylic acid groups (broad SMARTS) is 1. The van der Waals surface area contributed by atoms with E-state index in [4.69, 9.17) is 4.74 Å². The van der Waals surface area contributed by atoms with Crippen molar-refractivity contribution in [2.24, 2.45) is 0 Å². The first kappa shape index (κ1) is 19.7. The molecule has 0 saturated heterocycles. The van der Waals surface area contributed by atoms with E-state index in [1.54, 1.807) is 10.6 Å². The van der Waals surface area contributed by atoms with Crippen LogP contribution in [0.2, 0.25) is 0 Å². The summed E-state index contributed by atoms with van der Waals surface area (Å²) < 4.78 is 33.5. The van der Waals surface area contributed by atoms with E-state index in [-0.39, 0.29) is 34.3 Å². The molecular formula is C23H20F2N2O4. The summed E-state index contributed by atoms with van der Waals surface area (Å²) in [5.74, 6) is -1.45. The number of benzene rings is 2. The Hall–Kier alpha value is -3.26. The lowest BCUT2D eigenvalue weighted by atomic mass is 9.96. The van der Waals surface area contributed by atoms with Gasteiger partial charge in [0.05, 0.1) is 10.9 Å². The van der Waals surface area contributed by atoms with Crippen LogP contribution in [0, 0.1) is 0 Å². The molecule has 1 fully saturated rings. The first-order valence-corrected chi connectivity index (χ1v) is 10.1. The Morgan fingerprint density at radius 1 is 1.26 bits per heavy atom. The summed E-state index contributed by atoms with van der Waals surface area (Å²) in [6.45, 7) is -0.319. The van der Waals surface area contributed by atoms with Gasteiger partial charge in [0.15, 0.2) is 5.75 Å². The fourth-order valence-corrected chi connectivity index (χ4v) is 4.35. The lowest BCUT2D eigenvalue weighted by Gasteiger charge is -2.19. The number of nitrogens with one attached hydrogen (secondary N) is 1. The fraction of sp³-hybridized carbons (Fsp3) is 0.304. The number of fused-ring (bicyclic) bond motifs is 2. The van der Waals surface area contributed by atoms with Crippen molar-refractivity contribution in [1.29, 1.82) is 0 Å². The molecule has 1 saturated carbocycles. The average molecular weight is 426 g/mol. The number of hydrogen-bond acceptors (Lipinski definition) is 4. The summed E-state index contributed by atoms with van der Waals surface area (Å²) in [6, 6.07) is 8.90. The number of aromatic carboxylic acids is 1. The molecule has 160 valence electrons. The van der Waals surface area contributed by atoms with Gasteiger partial charge in [-0.05, 0) is 54.7 Å². The van der Waals surface area contributed by atoms with Crippen LogP contribution in [0.5, 0.6) is 5.75 Å². The minimum Gasteiger partial charge on any atom is -0.477 e. The number of aromatic nitrogens is 1. The lowest BCUT2D eigenvalue weighted by molar-refractivity contribution is -0.0486. The first-order chi connectivity index (χ1) is 14.8. The monoisotopic (exact) mass is 426 g/mol. The van der Waals surface area contributed by atoms with Crippen LogP contribution in [-0.4, -0.2) is 22.3 Å². The van der Waals surface area contributed by atoms with Gasteiger partial charge in [-0.1, -0.05) is 12.1 Å². The molecule has 0 spiro atoms. The number of rotatable bonds is 5. The predicted molar refractivity (Wildman–Crippen MR) is 111 cm³/mol. The van der Waals surface area contributed by atoms with Crippen LogP contribution in [0.1, 0.15) is 53.3 Å². The number of carbonyl (C=O) groups is 1. The highest BCUT2D eigenvalue weighted by Crippen LogP contribution is 2.43. The Bertz CT molecular complexity index is 1280. The Morgan fingerprint density at radius 3 is 2.71 bits per heavy atom. The molecule has 2 aliphatic rings. The molecular weight excluding hydrogens is 406 g/mol. The summed E-state index contributed by atoms with van der Waals surface area (Å²) >= 11 is 0. The maximum absolute atomic E-state index is 13.5. The number of carboxylic acids is 1. The lowest BCUT2D eigenvalue weighted by Crippen LogP contribution is -2.19. The third-order valence-corrected chi connectivity index (χ3v) is 6.05. The molecule has 8 heteroatoms. The summed E-state index contributed by atoms with van der Waals surface area (Å²) in [7, 11) is 0. The second-order valence-electron chi connectivity index (χ2n) is 8.05. The zero-order valence-electron chi connectivity index (χ0n) is 16.7. The maximum Gasteiger partial charge on any atom is 0.387 e. The molecule has 0 amide bonds. The molecule has 6 nitrogen and oxygen atoms in total. The van der Waals surface area contributed by atoms with Crippen molar-refractivity contribution >= 4 is 16.9 Å². The molecule has 2 N–H and O–H groups in total. The first-order valence-electron chi connectivity index (χ1n) is 10.1. The highest BCUT2D eigenvalue weighted by molar-refractivity contribution is 5.97. The Labute approximate surface area is 176 Å². The highest BCUT2D eigenvalue weighted by atomic mass is 19.3. The van der Waals surface area contributed by atoms with Crippen LogP contribution in [0.25, 0.3) is 22.0 Å². The van der Waals surface area contributed by atoms with E-state index in [2.05, 4.69) is 5.32 Å². The van der Waals surface area contributed by atoms with Gasteiger partial charge in [-0.25, -0.2) is 4.79 Å². The topological polar surface area (TPSA) is 80.6 Å². The van der Waals surface area contributed by atoms with Gasteiger partial charge in [0.25, 0.3) is 0 Å². The molecule has 1 atom stereocenters. The predicted octanol–water partition coefficient (Wildman–Crippen LogP) is 4.47. The SMILES string of the molecule is CC1NCc2ccc(-c3ccc4c(=O)c(C(=O)O)cn(C5CC5)c4c3OC(F)F)cc21. The molecule has 1 unspecified atom stereocenters. The van der Waals surface area contributed by atoms with Gasteiger partial charge >= 0.3 is 12.6 Å². The minimum absolute atomic E-state index is 0.0549. The standard InChI is InChI=1S/C23H20F2N2O4/c1-11-17-8-12(2-3-13(17)9-26-11)15-6-7-16-19(21(15)31-23(24)25)27(14-4-5-14)10-18(20(16)28)22(29)30/h2-3,6-8,10-11,14,23,26H,4-5,9H2,1H3,(H,29,30). The summed E-state index contributed by atoms with van der Waals surface area (Å²) in [4.78, 5) is 24.4. The molecule has 1 aliphatic carbocycles. The van der Waals surface area contributed by atoms with Crippen LogP contribution in [0.3, 0.4) is 0 Å². The smallest absolute Gasteiger partial charge is 0.387 e. The highest BCUT2D eigenvalue weighted by Gasteiger charge is 2.30. The zero-order valence-corrected chi connectivity index (χ0v) is 16.7. The molecule has 3 aromatic rings. The van der Waals surface area contributed by atoms with Gasteiger partial charge < -0.3 is 19.7 Å². The molecule has 1 aromatic heterocycles. The zero-order chi connectivity index (χ0) is 21.9. The third-order valence-electron chi connectivity index (χ3n) is 6.05. The summed E-state index contributed by atoms with van der Waals surface area (Å²) in [6.07, 6.45) is 2.80. The number of hydrogen-bond donors (Lipinski definition) is 2. The molecule has 1 aliphatic heterocycles. The van der Waals surface area contributed by atoms with Crippen molar-refractivity contribution in [3.8, 4) is 16.9 Å². The van der Waals surface area contributed by atoms with E-state index in [1.165, 1.54) is 12.3 Å². The average Bonchev–Trinajstić information content (AvgIpc) is 3.51. The van der Waals surface area contributed by atoms with Gasteiger partial charge in [-0.3, -0.25) is 4.79 Å². The van der Waals surface area contributed by atoms with E-state index in [0.717, 1.165) is 30.5 Å². The van der Waals surface area contributed by atoms with Gasteiger partial charge in [-0.15, -0.1) is 0 Å². The summed E-state index contributed by atoms with van der Waals surface area (Å²) in [5, 5.41) is 12.8. The second-order valence-corrected chi connectivity index (χ2v) is 8.05. The van der Waals surface area contributed by atoms with Crippen molar-refractivity contribution in [3.63, 3.8) is 0 Å². The number of alkyl halides is 2. The van der Waals surface area contributed by atoms with Gasteiger partial charge in [0.2, 0.25) is 5.43 Å². The molecule has 5 rings (SSSR count). The third kappa shape index (κ3) is 3.27. The number of halogens is 2. The van der Waals surface area contributed by atoms with E-state index >= 15 is 0 Å². The van der Waals surface area contributed by atoms with Gasteiger partial charge in [-0.2, -0.15) is 8.78 Å². The Kier molecular flexibility index (Phi) is 4.55. The van der Waals surface area contributed by atoms with E-state index in [1.807, 2.05) is 25.1 Å². The normalized spacial score (nSPS) is 17.9. The van der Waals surface area contributed by atoms with E-state index in [0.29, 0.717) is 11.1 Å². The number of pyridine rings is 1. The molecule has 0 radical (unpaired) electrons. The Morgan fingerprint density at radius 2 is 2.03 bits per heavy atom. The van der Waals surface area contributed by atoms with Crippen LogP contribution < -0.4 is 15.5 Å². The van der Waals surface area contributed by atoms with E-state index < -0.39 is 18.0 Å². The number of nitrogens with zero attached hydrogens (tertiary/aromatic N) is 1. The second kappa shape index (κ2) is 7.16. The van der Waals surface area contributed by atoms with Crippen molar-refractivity contribution < 1.29 is 23.4 Å². The molecule has 2 aromatic carbocycles. The fourth-order valence-electron chi connectivity index (χ4n) is 4.35. The minimum atomic E-state index is -3.10. The van der Waals surface area contributed by atoms with Crippen molar-refractivity contribution in [2.75, 3.05) is 0 Å². The van der Waals surface area contributed by atoms with Gasteiger partial charge in [0.1, 0.15) is 5.56 Å². The maximum atomic E-state index is 13.5. The molecule has 0 bridgehead atoms. The van der Waals surface area contributed by atoms with Crippen LogP contribution in [0.4, 0.5) is 8.78 Å². The largest absolute Gasteiger partial charge is 0.477 e. The summed E-state index contributed by atoms with van der Waals surface area (Å²) in [5.41, 5.74) is 2.48. The van der Waals surface area contributed by atoms with Crippen LogP contribution >= 0.6 is 0 Å². The van der Waals surface area contributed by atoms with E-state index in [9.17, 15) is 23.5 Å². The van der Waals surface area contributed by atoms with Crippen LogP contribution in [-0.2, 0) is 6.54 Å². The molecule has 2 heterocycles. The quantitative estimate of drug-likeness (QED) is 0.629.